The molecule has 0 aromatic carbocycles. The van der Waals surface area contributed by atoms with Gasteiger partial charge in [-0.2, -0.15) is 11.8 Å². The maximum Gasteiger partial charge on any atom is 0.317 e. The van der Waals surface area contributed by atoms with Crippen LogP contribution < -0.4 is 5.32 Å². The van der Waals surface area contributed by atoms with E-state index >= 15 is 0 Å². The molecule has 1 aliphatic carbocycles. The number of rotatable bonds is 5. The fraction of sp³-hybridized carbons (Fsp3) is 0.733. The molecule has 6 heteroatoms. The second-order valence-electron chi connectivity index (χ2n) is 5.62. The van der Waals surface area contributed by atoms with Gasteiger partial charge < -0.3 is 10.2 Å². The van der Waals surface area contributed by atoms with Crippen LogP contribution in [0.1, 0.15) is 49.9 Å². The highest BCUT2D eigenvalue weighted by Gasteiger charge is 2.30. The van der Waals surface area contributed by atoms with Crippen molar-refractivity contribution < 1.29 is 4.79 Å². The number of nitrogens with zero attached hydrogens (tertiary/aromatic N) is 2. The van der Waals surface area contributed by atoms with Crippen molar-refractivity contribution in [3.63, 3.8) is 0 Å². The molecule has 2 rings (SSSR count). The fourth-order valence-electron chi connectivity index (χ4n) is 2.76. The zero-order valence-electron chi connectivity index (χ0n) is 13.3. The highest BCUT2D eigenvalue weighted by Crippen LogP contribution is 2.32. The maximum absolute atomic E-state index is 12.4. The van der Waals surface area contributed by atoms with E-state index in [4.69, 9.17) is 0 Å². The molecule has 4 nitrogen and oxygen atoms in total. The van der Waals surface area contributed by atoms with Crippen molar-refractivity contribution in [3.8, 4) is 0 Å². The van der Waals surface area contributed by atoms with Crippen LogP contribution >= 0.6 is 23.1 Å². The third-order valence-electron chi connectivity index (χ3n) is 4.05. The quantitative estimate of drug-likeness (QED) is 0.894. The molecule has 0 saturated heterocycles. The first-order valence-electron chi connectivity index (χ1n) is 7.58. The number of amides is 2. The Bertz CT molecular complexity index is 477. The van der Waals surface area contributed by atoms with Gasteiger partial charge in [0.05, 0.1) is 16.7 Å². The summed E-state index contributed by atoms with van der Waals surface area (Å²) >= 11 is 3.64. The van der Waals surface area contributed by atoms with Gasteiger partial charge in [0.1, 0.15) is 0 Å². The minimum atomic E-state index is -0.0351. The van der Waals surface area contributed by atoms with Gasteiger partial charge in [-0.25, -0.2) is 9.78 Å². The molecule has 1 saturated carbocycles. The summed E-state index contributed by atoms with van der Waals surface area (Å²) < 4.78 is 0. The van der Waals surface area contributed by atoms with E-state index in [1.807, 2.05) is 42.9 Å². The van der Waals surface area contributed by atoms with E-state index in [2.05, 4.69) is 17.2 Å². The number of carbonyl (C=O) groups excluding carboxylic acids is 1. The Labute approximate surface area is 135 Å². The topological polar surface area (TPSA) is 45.2 Å². The van der Waals surface area contributed by atoms with Crippen LogP contribution in [0.2, 0.25) is 0 Å². The van der Waals surface area contributed by atoms with Crippen molar-refractivity contribution in [1.82, 2.24) is 15.2 Å². The Morgan fingerprint density at radius 3 is 3.00 bits per heavy atom. The Morgan fingerprint density at radius 1 is 1.62 bits per heavy atom. The number of hydrogen-bond acceptors (Lipinski definition) is 4. The Morgan fingerprint density at radius 2 is 2.38 bits per heavy atom. The molecule has 2 amide bonds. The van der Waals surface area contributed by atoms with Gasteiger partial charge in [0.2, 0.25) is 0 Å². The zero-order chi connectivity index (χ0) is 15.4. The molecule has 1 aliphatic rings. The first-order valence-corrected chi connectivity index (χ1v) is 9.51. The first kappa shape index (κ1) is 16.6. The fourth-order valence-corrected chi connectivity index (χ4v) is 4.60. The summed E-state index contributed by atoms with van der Waals surface area (Å²) in [4.78, 5) is 18.7. The second kappa shape index (κ2) is 7.49. The maximum atomic E-state index is 12.4. The molecule has 1 aromatic heterocycles. The molecule has 0 aliphatic heterocycles. The van der Waals surface area contributed by atoms with Crippen LogP contribution in [0.5, 0.6) is 0 Å². The van der Waals surface area contributed by atoms with E-state index in [-0.39, 0.29) is 12.1 Å². The van der Waals surface area contributed by atoms with Crippen LogP contribution in [0.15, 0.2) is 5.38 Å². The molecule has 0 radical (unpaired) electrons. The van der Waals surface area contributed by atoms with Crippen molar-refractivity contribution in [2.75, 3.05) is 12.8 Å². The molecule has 0 bridgehead atoms. The SMILES string of the molecule is CCS[C@@H]1CC[C@H](N(C)C(=O)N[C@@H](C)c2csc(C)n2)C1. The van der Waals surface area contributed by atoms with E-state index < -0.39 is 0 Å². The molecule has 118 valence electrons. The number of carbonyl (C=O) groups is 1. The molecule has 1 heterocycles. The zero-order valence-corrected chi connectivity index (χ0v) is 14.9. The van der Waals surface area contributed by atoms with Gasteiger partial charge in [-0.15, -0.1) is 11.3 Å². The van der Waals surface area contributed by atoms with Gasteiger partial charge in [0.15, 0.2) is 0 Å². The molecule has 1 N–H and O–H groups in total. The number of nitrogens with one attached hydrogen (secondary N) is 1. The number of hydrogen-bond donors (Lipinski definition) is 1. The van der Waals surface area contributed by atoms with E-state index in [1.165, 1.54) is 6.42 Å². The summed E-state index contributed by atoms with van der Waals surface area (Å²) in [6.45, 7) is 6.18. The summed E-state index contributed by atoms with van der Waals surface area (Å²) in [5.41, 5.74) is 0.949. The summed E-state index contributed by atoms with van der Waals surface area (Å²) in [5.74, 6) is 1.16. The highest BCUT2D eigenvalue weighted by atomic mass is 32.2. The van der Waals surface area contributed by atoms with Gasteiger partial charge in [-0.05, 0) is 38.9 Å². The van der Waals surface area contributed by atoms with Gasteiger partial charge in [-0.3, -0.25) is 0 Å². The van der Waals surface area contributed by atoms with Crippen molar-refractivity contribution in [1.29, 1.82) is 0 Å². The Kier molecular flexibility index (Phi) is 5.93. The lowest BCUT2D eigenvalue weighted by atomic mass is 10.2. The van der Waals surface area contributed by atoms with E-state index in [0.717, 1.165) is 29.3 Å². The lowest BCUT2D eigenvalue weighted by molar-refractivity contribution is 0.187. The number of urea groups is 1. The Balaban J connectivity index is 1.85. The molecular formula is C15H25N3OS2. The number of aromatic nitrogens is 1. The van der Waals surface area contributed by atoms with Crippen LogP contribution in [0.4, 0.5) is 4.79 Å². The molecule has 3 atom stereocenters. The van der Waals surface area contributed by atoms with Gasteiger partial charge in [0.25, 0.3) is 0 Å². The predicted octanol–water partition coefficient (Wildman–Crippen LogP) is 3.83. The smallest absolute Gasteiger partial charge is 0.317 e. The van der Waals surface area contributed by atoms with Crippen molar-refractivity contribution in [3.05, 3.63) is 16.1 Å². The minimum absolute atomic E-state index is 0.0142. The predicted molar refractivity (Wildman–Crippen MR) is 91.1 cm³/mol. The van der Waals surface area contributed by atoms with Crippen molar-refractivity contribution >= 4 is 29.1 Å². The molecule has 21 heavy (non-hydrogen) atoms. The monoisotopic (exact) mass is 327 g/mol. The van der Waals surface area contributed by atoms with Gasteiger partial charge in [0, 0.05) is 23.7 Å². The minimum Gasteiger partial charge on any atom is -0.330 e. The summed E-state index contributed by atoms with van der Waals surface area (Å²) in [6, 6.07) is 0.353. The normalized spacial score (nSPS) is 23.0. The van der Waals surface area contributed by atoms with Crippen molar-refractivity contribution in [2.45, 2.75) is 57.4 Å². The molecule has 0 spiro atoms. The van der Waals surface area contributed by atoms with Gasteiger partial charge in [-0.1, -0.05) is 6.92 Å². The lowest BCUT2D eigenvalue weighted by Crippen LogP contribution is -2.43. The summed E-state index contributed by atoms with van der Waals surface area (Å²) in [7, 11) is 1.91. The number of thiazole rings is 1. The third kappa shape index (κ3) is 4.36. The van der Waals surface area contributed by atoms with Crippen LogP contribution in [-0.4, -0.2) is 40.0 Å². The summed E-state index contributed by atoms with van der Waals surface area (Å²) in [6.07, 6.45) is 3.46. The van der Waals surface area contributed by atoms with Crippen LogP contribution in [0, 0.1) is 6.92 Å². The third-order valence-corrected chi connectivity index (χ3v) is 6.07. The molecule has 0 unspecified atom stereocenters. The lowest BCUT2D eigenvalue weighted by Gasteiger charge is -2.26. The average molecular weight is 328 g/mol. The number of thioether (sulfide) groups is 1. The molecule has 1 fully saturated rings. The second-order valence-corrected chi connectivity index (χ2v) is 8.26. The molecule has 1 aromatic rings. The number of aryl methyl sites for hydroxylation is 1. The largest absolute Gasteiger partial charge is 0.330 e. The van der Waals surface area contributed by atoms with E-state index in [9.17, 15) is 4.79 Å². The molecular weight excluding hydrogens is 302 g/mol. The van der Waals surface area contributed by atoms with Gasteiger partial charge >= 0.3 is 6.03 Å². The van der Waals surface area contributed by atoms with E-state index in [1.54, 1.807) is 11.3 Å². The van der Waals surface area contributed by atoms with E-state index in [0.29, 0.717) is 11.3 Å². The standard InChI is InChI=1S/C15H25N3OS2/c1-5-20-13-7-6-12(8-13)18(4)15(19)16-10(2)14-9-21-11(3)17-14/h9-10,12-13H,5-8H2,1-4H3,(H,16,19)/t10-,12-,13+/m0/s1. The first-order chi connectivity index (χ1) is 10.0. The van der Waals surface area contributed by atoms with Crippen LogP contribution in [-0.2, 0) is 0 Å². The van der Waals surface area contributed by atoms with Crippen LogP contribution in [0.25, 0.3) is 0 Å². The van der Waals surface area contributed by atoms with Crippen molar-refractivity contribution in [2.24, 2.45) is 0 Å². The average Bonchev–Trinajstić information content (AvgIpc) is 3.07. The Hall–Kier alpha value is -0.750. The summed E-state index contributed by atoms with van der Waals surface area (Å²) in [5, 5.41) is 6.83. The van der Waals surface area contributed by atoms with Crippen LogP contribution in [0.3, 0.4) is 0 Å². The highest BCUT2D eigenvalue weighted by molar-refractivity contribution is 7.99.